The molecule has 0 spiro atoms. The second-order valence-electron chi connectivity index (χ2n) is 10.3. The Morgan fingerprint density at radius 3 is 2.62 bits per heavy atom. The molecule has 2 aromatic rings. The molecule has 0 unspecified atom stereocenters. The van der Waals surface area contributed by atoms with Crippen molar-refractivity contribution in [3.8, 4) is 5.75 Å². The molecule has 0 fully saturated rings. The van der Waals surface area contributed by atoms with Gasteiger partial charge < -0.3 is 26.0 Å². The summed E-state index contributed by atoms with van der Waals surface area (Å²) in [7, 11) is 1.87. The fraction of sp³-hybridized carbons (Fsp3) is 0.536. The minimum absolute atomic E-state index is 0.152. The third kappa shape index (κ3) is 8.30. The van der Waals surface area contributed by atoms with Gasteiger partial charge in [0.15, 0.2) is 0 Å². The van der Waals surface area contributed by atoms with Gasteiger partial charge in [-0.2, -0.15) is 5.10 Å². The van der Waals surface area contributed by atoms with E-state index in [0.717, 1.165) is 17.0 Å². The summed E-state index contributed by atoms with van der Waals surface area (Å²) >= 11 is 0. The molecule has 0 saturated carbocycles. The van der Waals surface area contributed by atoms with Crippen molar-refractivity contribution in [1.29, 1.82) is 0 Å². The van der Waals surface area contributed by atoms with Gasteiger partial charge in [0.2, 0.25) is 17.7 Å². The maximum atomic E-state index is 13.2. The van der Waals surface area contributed by atoms with E-state index in [1.165, 1.54) is 0 Å². The summed E-state index contributed by atoms with van der Waals surface area (Å²) in [6.07, 6.45) is 1.18. The number of carbonyl (C=O) groups is 4. The number of carbonyl (C=O) groups excluding carboxylic acids is 4. The molecule has 11 nitrogen and oxygen atoms in total. The first-order chi connectivity index (χ1) is 18.6. The third-order valence-corrected chi connectivity index (χ3v) is 6.71. The Kier molecular flexibility index (Phi) is 10.5. The van der Waals surface area contributed by atoms with E-state index in [0.29, 0.717) is 38.1 Å². The zero-order valence-electron chi connectivity index (χ0n) is 23.4. The van der Waals surface area contributed by atoms with Crippen molar-refractivity contribution in [2.45, 2.75) is 65.5 Å². The average molecular weight is 541 g/mol. The summed E-state index contributed by atoms with van der Waals surface area (Å²) in [6.45, 7) is 8.74. The van der Waals surface area contributed by atoms with Crippen molar-refractivity contribution in [1.82, 2.24) is 31.0 Å². The molecule has 4 amide bonds. The van der Waals surface area contributed by atoms with Crippen molar-refractivity contribution in [3.05, 3.63) is 46.8 Å². The lowest BCUT2D eigenvalue weighted by Gasteiger charge is -2.22. The van der Waals surface area contributed by atoms with Crippen LogP contribution in [0.5, 0.6) is 5.75 Å². The Balaban J connectivity index is 1.80. The Morgan fingerprint density at radius 1 is 1.18 bits per heavy atom. The van der Waals surface area contributed by atoms with Gasteiger partial charge in [-0.05, 0) is 56.7 Å². The molecule has 39 heavy (non-hydrogen) atoms. The molecular formula is C28H40N6O5. The molecule has 1 aliphatic heterocycles. The summed E-state index contributed by atoms with van der Waals surface area (Å²) in [5.74, 6) is -1.31. The van der Waals surface area contributed by atoms with Crippen molar-refractivity contribution < 1.29 is 23.9 Å². The van der Waals surface area contributed by atoms with Crippen LogP contribution >= 0.6 is 0 Å². The van der Waals surface area contributed by atoms with Crippen LogP contribution in [-0.4, -0.2) is 65.2 Å². The van der Waals surface area contributed by atoms with E-state index in [9.17, 15) is 19.2 Å². The number of nitrogens with zero attached hydrogens (tertiary/aromatic N) is 2. The lowest BCUT2D eigenvalue weighted by Crippen LogP contribution is -2.52. The summed E-state index contributed by atoms with van der Waals surface area (Å²) in [4.78, 5) is 52.3. The number of amides is 4. The number of fused-ring (bicyclic) bond motifs is 1. The molecule has 0 saturated heterocycles. The number of hydrogen-bond acceptors (Lipinski definition) is 6. The summed E-state index contributed by atoms with van der Waals surface area (Å²) in [6, 6.07) is 4.81. The zero-order valence-corrected chi connectivity index (χ0v) is 23.4. The van der Waals surface area contributed by atoms with Crippen LogP contribution < -0.4 is 26.0 Å². The van der Waals surface area contributed by atoms with Crippen LogP contribution in [0, 0.1) is 19.8 Å². The second-order valence-corrected chi connectivity index (χ2v) is 10.3. The minimum Gasteiger partial charge on any atom is -0.493 e. The summed E-state index contributed by atoms with van der Waals surface area (Å²) in [5.41, 5.74) is 3.19. The minimum atomic E-state index is -1.16. The highest BCUT2D eigenvalue weighted by Crippen LogP contribution is 2.19. The zero-order chi connectivity index (χ0) is 28.5. The van der Waals surface area contributed by atoms with Gasteiger partial charge in [0.25, 0.3) is 5.91 Å². The SMILES string of the molecule is Cc1nn(C)c(C)c1CCNC(=O)[C@@H]1CC(=O)N[C@@H](CC(C)C)C(=O)NCCCOc2ccccc2C(=O)N1. The molecule has 212 valence electrons. The molecule has 0 bridgehead atoms. The van der Waals surface area contributed by atoms with Crippen LogP contribution in [0.2, 0.25) is 0 Å². The van der Waals surface area contributed by atoms with Crippen molar-refractivity contribution in [2.75, 3.05) is 19.7 Å². The maximum Gasteiger partial charge on any atom is 0.255 e. The fourth-order valence-corrected chi connectivity index (χ4v) is 4.57. The number of rotatable bonds is 6. The van der Waals surface area contributed by atoms with Crippen molar-refractivity contribution >= 4 is 23.6 Å². The topological polar surface area (TPSA) is 143 Å². The van der Waals surface area contributed by atoms with E-state index in [1.807, 2.05) is 34.7 Å². The third-order valence-electron chi connectivity index (χ3n) is 6.71. The predicted molar refractivity (Wildman–Crippen MR) is 146 cm³/mol. The van der Waals surface area contributed by atoms with Crippen molar-refractivity contribution in [3.63, 3.8) is 0 Å². The van der Waals surface area contributed by atoms with E-state index in [4.69, 9.17) is 4.74 Å². The number of aryl methyl sites for hydroxylation is 2. The second kappa shape index (κ2) is 13.8. The first-order valence-corrected chi connectivity index (χ1v) is 13.4. The lowest BCUT2D eigenvalue weighted by atomic mass is 10.0. The average Bonchev–Trinajstić information content (AvgIpc) is 3.12. The summed E-state index contributed by atoms with van der Waals surface area (Å²) < 4.78 is 7.60. The van der Waals surface area contributed by atoms with Crippen LogP contribution in [0.3, 0.4) is 0 Å². The van der Waals surface area contributed by atoms with E-state index < -0.39 is 29.8 Å². The van der Waals surface area contributed by atoms with Gasteiger partial charge in [-0.3, -0.25) is 23.9 Å². The van der Waals surface area contributed by atoms with Crippen LogP contribution in [0.25, 0.3) is 0 Å². The quantitative estimate of drug-likeness (QED) is 0.435. The molecule has 0 radical (unpaired) electrons. The van der Waals surface area contributed by atoms with E-state index in [2.05, 4.69) is 26.4 Å². The van der Waals surface area contributed by atoms with Gasteiger partial charge in [0.1, 0.15) is 17.8 Å². The number of para-hydroxylation sites is 1. The highest BCUT2D eigenvalue weighted by atomic mass is 16.5. The van der Waals surface area contributed by atoms with Gasteiger partial charge in [0.05, 0.1) is 24.3 Å². The highest BCUT2D eigenvalue weighted by Gasteiger charge is 2.28. The largest absolute Gasteiger partial charge is 0.493 e. The first kappa shape index (κ1) is 29.7. The van der Waals surface area contributed by atoms with Gasteiger partial charge in [-0.15, -0.1) is 0 Å². The van der Waals surface area contributed by atoms with E-state index in [1.54, 1.807) is 28.9 Å². The van der Waals surface area contributed by atoms with Gasteiger partial charge >= 0.3 is 0 Å². The predicted octanol–water partition coefficient (Wildman–Crippen LogP) is 1.31. The van der Waals surface area contributed by atoms with E-state index in [-0.39, 0.29) is 30.4 Å². The smallest absolute Gasteiger partial charge is 0.255 e. The molecule has 2 atom stereocenters. The molecule has 4 N–H and O–H groups in total. The Hall–Kier alpha value is -3.89. The molecule has 1 aromatic carbocycles. The molecule has 2 heterocycles. The lowest BCUT2D eigenvalue weighted by molar-refractivity contribution is -0.131. The Morgan fingerprint density at radius 2 is 1.92 bits per heavy atom. The highest BCUT2D eigenvalue weighted by molar-refractivity contribution is 6.01. The summed E-state index contributed by atoms with van der Waals surface area (Å²) in [5, 5.41) is 15.6. The van der Waals surface area contributed by atoms with Crippen LogP contribution in [0.15, 0.2) is 24.3 Å². The first-order valence-electron chi connectivity index (χ1n) is 13.4. The Labute approximate surface area is 229 Å². The molecule has 0 aliphatic carbocycles. The molecular weight excluding hydrogens is 500 g/mol. The van der Waals surface area contributed by atoms with Gasteiger partial charge in [0, 0.05) is 25.8 Å². The molecule has 1 aliphatic rings. The molecule has 1 aromatic heterocycles. The molecule has 11 heteroatoms. The van der Waals surface area contributed by atoms with E-state index >= 15 is 0 Å². The van der Waals surface area contributed by atoms with Gasteiger partial charge in [-0.1, -0.05) is 26.0 Å². The fourth-order valence-electron chi connectivity index (χ4n) is 4.57. The van der Waals surface area contributed by atoms with Crippen LogP contribution in [0.4, 0.5) is 0 Å². The Bertz CT molecular complexity index is 1190. The molecule has 3 rings (SSSR count). The number of ether oxygens (including phenoxy) is 1. The standard InChI is InChI=1S/C28H40N6O5/c1-17(2)15-22-27(37)29-12-8-14-39-24-10-7-6-9-21(24)26(36)32-23(16-25(35)31-22)28(38)30-13-11-20-18(3)33-34(5)19(20)4/h6-7,9-10,17,22-23H,8,11-16H2,1-5H3,(H,29,37)(H,30,38)(H,31,35)(H,32,36)/t22-,23-/m0/s1. The number of aromatic nitrogens is 2. The van der Waals surface area contributed by atoms with Gasteiger partial charge in [-0.25, -0.2) is 0 Å². The number of benzene rings is 1. The van der Waals surface area contributed by atoms with Crippen LogP contribution in [-0.2, 0) is 27.9 Å². The van der Waals surface area contributed by atoms with Crippen molar-refractivity contribution in [2.24, 2.45) is 13.0 Å². The maximum absolute atomic E-state index is 13.2. The van der Waals surface area contributed by atoms with Crippen LogP contribution in [0.1, 0.15) is 60.4 Å². The number of hydrogen-bond donors (Lipinski definition) is 4. The normalized spacial score (nSPS) is 19.1. The monoisotopic (exact) mass is 540 g/mol. The number of nitrogens with one attached hydrogen (secondary N) is 4.